The fourth-order valence-corrected chi connectivity index (χ4v) is 2.43. The summed E-state index contributed by atoms with van der Waals surface area (Å²) in [6.45, 7) is 7.66. The molecule has 2 atom stereocenters. The smallest absolute Gasteiger partial charge is 0.161 e. The lowest BCUT2D eigenvalue weighted by Gasteiger charge is -2.26. The summed E-state index contributed by atoms with van der Waals surface area (Å²) in [6, 6.07) is 3.51. The molecular weight excluding hydrogens is 291 g/mol. The predicted octanol–water partition coefficient (Wildman–Crippen LogP) is 2.52. The second-order valence-corrected chi connectivity index (χ2v) is 7.77. The number of nitrogens with zero attached hydrogens (tertiary/aromatic N) is 3. The van der Waals surface area contributed by atoms with Gasteiger partial charge in [-0.25, -0.2) is 14.1 Å². The molecule has 7 heteroatoms. The van der Waals surface area contributed by atoms with E-state index in [4.69, 9.17) is 0 Å². The molecule has 2 heterocycles. The Morgan fingerprint density at radius 3 is 2.52 bits per heavy atom. The lowest BCUT2D eigenvalue weighted by molar-refractivity contribution is 0.531. The molecule has 0 aliphatic heterocycles. The minimum atomic E-state index is -1.15. The van der Waals surface area contributed by atoms with E-state index in [9.17, 15) is 8.94 Å². The van der Waals surface area contributed by atoms with Gasteiger partial charge in [-0.2, -0.15) is 5.10 Å². The summed E-state index contributed by atoms with van der Waals surface area (Å²) in [7, 11) is 0. The number of hydrogen-bond donors (Lipinski definition) is 1. The fourth-order valence-electron chi connectivity index (χ4n) is 1.62. The predicted molar refractivity (Wildman–Crippen MR) is 80.8 cm³/mol. The van der Waals surface area contributed by atoms with Crippen LogP contribution in [0, 0.1) is 5.82 Å². The molecular formula is C14H19FN4OS. The van der Waals surface area contributed by atoms with Crippen LogP contribution in [0.15, 0.2) is 30.7 Å². The van der Waals surface area contributed by atoms with E-state index in [1.54, 1.807) is 12.3 Å². The van der Waals surface area contributed by atoms with Crippen LogP contribution in [0.4, 0.5) is 4.39 Å². The Kier molecular flexibility index (Phi) is 4.65. The molecule has 0 aliphatic rings. The average Bonchev–Trinajstić information content (AvgIpc) is 2.84. The molecule has 2 aromatic rings. The van der Waals surface area contributed by atoms with Crippen LogP contribution in [0.25, 0.3) is 5.82 Å². The van der Waals surface area contributed by atoms with E-state index in [1.165, 1.54) is 10.9 Å². The van der Waals surface area contributed by atoms with Gasteiger partial charge in [-0.05, 0) is 39.3 Å². The number of aromatic nitrogens is 3. The zero-order valence-electron chi connectivity index (χ0n) is 12.5. The SMILES string of the molecule is CC(N[S@@+]([O-])C(C)(C)C)c1ccc(-n2cc(F)cn2)nc1. The first-order chi connectivity index (χ1) is 9.77. The molecule has 0 saturated heterocycles. The number of nitrogens with one attached hydrogen (secondary N) is 1. The zero-order chi connectivity index (χ0) is 15.6. The van der Waals surface area contributed by atoms with Crippen molar-refractivity contribution in [3.05, 3.63) is 42.1 Å². The molecule has 0 aromatic carbocycles. The van der Waals surface area contributed by atoms with Gasteiger partial charge >= 0.3 is 0 Å². The highest BCUT2D eigenvalue weighted by molar-refractivity contribution is 7.90. The lowest BCUT2D eigenvalue weighted by Crippen LogP contribution is -2.40. The normalized spacial score (nSPS) is 15.0. The Morgan fingerprint density at radius 2 is 2.05 bits per heavy atom. The monoisotopic (exact) mass is 310 g/mol. The summed E-state index contributed by atoms with van der Waals surface area (Å²) in [4.78, 5) is 4.25. The van der Waals surface area contributed by atoms with Crippen LogP contribution in [0.5, 0.6) is 0 Å². The van der Waals surface area contributed by atoms with Gasteiger partial charge in [0, 0.05) is 17.6 Å². The van der Waals surface area contributed by atoms with Gasteiger partial charge < -0.3 is 4.55 Å². The topological polar surface area (TPSA) is 65.8 Å². The van der Waals surface area contributed by atoms with Crippen LogP contribution >= 0.6 is 0 Å². The first-order valence-corrected chi connectivity index (χ1v) is 7.77. The van der Waals surface area contributed by atoms with Gasteiger partial charge in [-0.1, -0.05) is 6.07 Å². The molecule has 0 fully saturated rings. The Bertz CT molecular complexity index is 594. The molecule has 2 aromatic heterocycles. The molecule has 114 valence electrons. The van der Waals surface area contributed by atoms with E-state index in [1.807, 2.05) is 33.8 Å². The van der Waals surface area contributed by atoms with Gasteiger partial charge in [0.25, 0.3) is 0 Å². The molecule has 1 unspecified atom stereocenters. The molecule has 21 heavy (non-hydrogen) atoms. The molecule has 0 amide bonds. The maximum Gasteiger partial charge on any atom is 0.161 e. The van der Waals surface area contributed by atoms with E-state index < -0.39 is 17.2 Å². The zero-order valence-corrected chi connectivity index (χ0v) is 13.3. The van der Waals surface area contributed by atoms with Gasteiger partial charge in [0.2, 0.25) is 0 Å². The van der Waals surface area contributed by atoms with E-state index in [2.05, 4.69) is 14.8 Å². The summed E-state index contributed by atoms with van der Waals surface area (Å²) in [6.07, 6.45) is 4.07. The highest BCUT2D eigenvalue weighted by Crippen LogP contribution is 2.19. The molecule has 0 bridgehead atoms. The van der Waals surface area contributed by atoms with Crippen LogP contribution in [-0.2, 0) is 11.4 Å². The summed E-state index contributed by atoms with van der Waals surface area (Å²) >= 11 is -1.15. The minimum Gasteiger partial charge on any atom is -0.598 e. The van der Waals surface area contributed by atoms with Gasteiger partial charge in [0.1, 0.15) is 4.75 Å². The molecule has 5 nitrogen and oxygen atoms in total. The summed E-state index contributed by atoms with van der Waals surface area (Å²) in [5, 5.41) is 3.86. The van der Waals surface area contributed by atoms with E-state index in [0.29, 0.717) is 5.82 Å². The van der Waals surface area contributed by atoms with Crippen molar-refractivity contribution in [3.8, 4) is 5.82 Å². The van der Waals surface area contributed by atoms with Crippen LogP contribution in [-0.4, -0.2) is 24.1 Å². The molecule has 0 spiro atoms. The Morgan fingerprint density at radius 1 is 1.33 bits per heavy atom. The van der Waals surface area contributed by atoms with Gasteiger partial charge in [0.15, 0.2) is 11.6 Å². The number of hydrogen-bond acceptors (Lipinski definition) is 4. The Labute approximate surface area is 126 Å². The number of pyridine rings is 1. The molecule has 0 aliphatic carbocycles. The van der Waals surface area contributed by atoms with Crippen molar-refractivity contribution in [3.63, 3.8) is 0 Å². The Hall–Kier alpha value is -1.44. The molecule has 0 radical (unpaired) electrons. The van der Waals surface area contributed by atoms with Crippen molar-refractivity contribution in [2.45, 2.75) is 38.5 Å². The molecule has 2 rings (SSSR count). The van der Waals surface area contributed by atoms with E-state index in [0.717, 1.165) is 11.8 Å². The third-order valence-corrected chi connectivity index (χ3v) is 4.58. The van der Waals surface area contributed by atoms with E-state index >= 15 is 0 Å². The second kappa shape index (κ2) is 6.13. The first kappa shape index (κ1) is 15.9. The number of halogens is 1. The maximum absolute atomic E-state index is 12.9. The van der Waals surface area contributed by atoms with E-state index in [-0.39, 0.29) is 10.8 Å². The van der Waals surface area contributed by atoms with Gasteiger partial charge in [0.05, 0.1) is 18.4 Å². The Balaban J connectivity index is 2.08. The largest absolute Gasteiger partial charge is 0.598 e. The van der Waals surface area contributed by atoms with Crippen molar-refractivity contribution < 1.29 is 8.94 Å². The van der Waals surface area contributed by atoms with Crippen LogP contribution in [0.3, 0.4) is 0 Å². The maximum atomic E-state index is 12.9. The molecule has 1 N–H and O–H groups in total. The number of rotatable bonds is 4. The summed E-state index contributed by atoms with van der Waals surface area (Å²) in [5.74, 6) is 0.128. The third-order valence-electron chi connectivity index (χ3n) is 2.90. The van der Waals surface area contributed by atoms with Gasteiger partial charge in [-0.15, -0.1) is 4.72 Å². The van der Waals surface area contributed by atoms with Crippen molar-refractivity contribution in [2.75, 3.05) is 0 Å². The third kappa shape index (κ3) is 4.03. The quantitative estimate of drug-likeness (QED) is 0.881. The molecule has 0 saturated carbocycles. The van der Waals surface area contributed by atoms with Crippen LogP contribution < -0.4 is 4.72 Å². The van der Waals surface area contributed by atoms with Crippen molar-refractivity contribution >= 4 is 11.4 Å². The average molecular weight is 310 g/mol. The van der Waals surface area contributed by atoms with Gasteiger partial charge in [-0.3, -0.25) is 0 Å². The highest BCUT2D eigenvalue weighted by atomic mass is 32.2. The summed E-state index contributed by atoms with van der Waals surface area (Å²) < 4.78 is 29.1. The fraction of sp³-hybridized carbons (Fsp3) is 0.429. The minimum absolute atomic E-state index is 0.0963. The lowest BCUT2D eigenvalue weighted by atomic mass is 10.1. The van der Waals surface area contributed by atoms with Crippen LogP contribution in [0.2, 0.25) is 0 Å². The second-order valence-electron chi connectivity index (χ2n) is 5.77. The van der Waals surface area contributed by atoms with Crippen LogP contribution in [0.1, 0.15) is 39.3 Å². The highest BCUT2D eigenvalue weighted by Gasteiger charge is 2.28. The standard InChI is InChI=1S/C14H19FN4OS/c1-10(18-21(20)14(2,3)4)11-5-6-13(16-7-11)19-9-12(15)8-17-19/h5-10,18H,1-4H3/t10?,21-/m0/s1. The summed E-state index contributed by atoms with van der Waals surface area (Å²) in [5.41, 5.74) is 0.906. The van der Waals surface area contributed by atoms with Crippen molar-refractivity contribution in [1.82, 2.24) is 19.5 Å². The first-order valence-electron chi connectivity index (χ1n) is 6.62. The van der Waals surface area contributed by atoms with Crippen molar-refractivity contribution in [2.24, 2.45) is 0 Å². The van der Waals surface area contributed by atoms with Crippen molar-refractivity contribution in [1.29, 1.82) is 0 Å².